The van der Waals surface area contributed by atoms with Crippen LogP contribution in [0.3, 0.4) is 0 Å². The summed E-state index contributed by atoms with van der Waals surface area (Å²) in [6.07, 6.45) is 4.81. The van der Waals surface area contributed by atoms with Crippen LogP contribution in [-0.2, 0) is 65.1 Å². The average molecular weight is 980 g/mol. The van der Waals surface area contributed by atoms with E-state index >= 15 is 0 Å². The fourth-order valence-electron chi connectivity index (χ4n) is 7.74. The summed E-state index contributed by atoms with van der Waals surface area (Å²) in [6, 6.07) is 11.4. The minimum Gasteiger partial charge on any atom is -0.748 e. The molecule has 1 aromatic rings. The van der Waals surface area contributed by atoms with Gasteiger partial charge in [0.25, 0.3) is 11.8 Å². The van der Waals surface area contributed by atoms with E-state index in [4.69, 9.17) is 14.0 Å². The van der Waals surface area contributed by atoms with E-state index in [0.29, 0.717) is 46.6 Å². The number of allylic oxidation sites excluding steroid dienone is 3. The topological polar surface area (TPSA) is 264 Å². The molecule has 0 N–H and O–H groups in total. The van der Waals surface area contributed by atoms with E-state index in [1.54, 1.807) is 30.1 Å². The summed E-state index contributed by atoms with van der Waals surface area (Å²) in [7, 11) is -13.9. The second-order valence-corrected chi connectivity index (χ2v) is 20.9. The summed E-state index contributed by atoms with van der Waals surface area (Å²) < 4.78 is 120. The van der Waals surface area contributed by atoms with Gasteiger partial charge in [0, 0.05) is 65.7 Å². The van der Waals surface area contributed by atoms with Crippen molar-refractivity contribution in [3.05, 3.63) is 82.6 Å². The molecule has 0 radical (unpaired) electrons. The maximum Gasteiger partial charge on any atom is 1.00 e. The summed E-state index contributed by atoms with van der Waals surface area (Å²) in [5.74, 6) is -2.32. The van der Waals surface area contributed by atoms with Crippen molar-refractivity contribution in [3.8, 4) is 11.3 Å². The minimum absolute atomic E-state index is 0. The van der Waals surface area contributed by atoms with Gasteiger partial charge in [0.1, 0.15) is 34.7 Å². The van der Waals surface area contributed by atoms with Gasteiger partial charge in [-0.25, -0.2) is 34.6 Å². The van der Waals surface area contributed by atoms with Crippen LogP contribution >= 0.6 is 0 Å². The summed E-state index contributed by atoms with van der Waals surface area (Å²) in [6.45, 7) is 10.6. The summed E-state index contributed by atoms with van der Waals surface area (Å²) in [4.78, 5) is 42.2. The van der Waals surface area contributed by atoms with Gasteiger partial charge in [-0.05, 0) is 85.7 Å². The van der Waals surface area contributed by atoms with Crippen molar-refractivity contribution in [2.45, 2.75) is 88.9 Å². The number of carbonyl (C=O) groups excluding carboxylic acids is 3. The van der Waals surface area contributed by atoms with Crippen LogP contribution < -0.4 is 73.9 Å². The van der Waals surface area contributed by atoms with Gasteiger partial charge in [-0.1, -0.05) is 26.8 Å². The summed E-state index contributed by atoms with van der Waals surface area (Å²) >= 11 is 0. The van der Waals surface area contributed by atoms with E-state index < -0.39 is 70.0 Å². The zero-order valence-electron chi connectivity index (χ0n) is 37.7. The van der Waals surface area contributed by atoms with Crippen molar-refractivity contribution >= 4 is 59.9 Å². The van der Waals surface area contributed by atoms with Crippen LogP contribution in [0.25, 0.3) is 17.4 Å². The fourth-order valence-corrected chi connectivity index (χ4v) is 9.22. The summed E-state index contributed by atoms with van der Waals surface area (Å²) in [5, 5.41) is 1.19. The molecule has 4 aliphatic rings. The number of fused-ring (bicyclic) bond motifs is 2. The minimum atomic E-state index is -4.92. The second kappa shape index (κ2) is 23.0. The number of ether oxygens (including phenoxy) is 1. The van der Waals surface area contributed by atoms with E-state index in [9.17, 15) is 53.3 Å². The molecule has 18 nitrogen and oxygen atoms in total. The van der Waals surface area contributed by atoms with Crippen LogP contribution in [-0.4, -0.2) is 106 Å². The predicted octanol–water partition coefficient (Wildman–Crippen LogP) is -2.66. The fraction of sp³-hybridized carbons (Fsp3) is 0.476. The SMILES string of the molecule is CC[N+](CCCS(=O)(=O)[O-])=c1ccc2c(C(C)(C)C)cc(/C=C/C=C3/N(CCOCCC(=O)ON4C(=O)CCC4=O)c4ccc(S(=O)(=O)[O-])cc4C3(C)CCCS(=O)(=O)[O-])oc-2c1.[Na+].[Na+]. The Bertz CT molecular complexity index is 2680. The van der Waals surface area contributed by atoms with E-state index in [1.807, 2.05) is 56.5 Å². The molecule has 1 aromatic carbocycles. The monoisotopic (exact) mass is 979 g/mol. The number of anilines is 1. The molecule has 0 spiro atoms. The number of amides is 2. The Labute approximate surface area is 424 Å². The number of rotatable bonds is 19. The summed E-state index contributed by atoms with van der Waals surface area (Å²) in [5.41, 5.74) is 1.69. The molecule has 1 fully saturated rings. The van der Waals surface area contributed by atoms with Crippen LogP contribution in [0.2, 0.25) is 0 Å². The first-order valence-electron chi connectivity index (χ1n) is 20.3. The molecule has 1 aliphatic carbocycles. The van der Waals surface area contributed by atoms with Gasteiger partial charge in [-0.2, -0.15) is 0 Å². The Morgan fingerprint density at radius 3 is 2.15 bits per heavy atom. The van der Waals surface area contributed by atoms with E-state index in [1.165, 1.54) is 12.1 Å². The first-order chi connectivity index (χ1) is 29.3. The van der Waals surface area contributed by atoms with Crippen LogP contribution in [0.5, 0.6) is 0 Å². The molecule has 2 amide bonds. The van der Waals surface area contributed by atoms with Crippen molar-refractivity contribution in [3.63, 3.8) is 0 Å². The molecule has 5 rings (SSSR count). The Hall–Kier alpha value is -2.77. The van der Waals surface area contributed by atoms with E-state index in [-0.39, 0.29) is 123 Å². The number of hydroxylamine groups is 2. The van der Waals surface area contributed by atoms with Crippen LogP contribution in [0.15, 0.2) is 69.6 Å². The van der Waals surface area contributed by atoms with Crippen molar-refractivity contribution in [2.24, 2.45) is 0 Å². The van der Waals surface area contributed by atoms with Gasteiger partial charge in [-0.3, -0.25) is 9.59 Å². The van der Waals surface area contributed by atoms with Gasteiger partial charge in [0.2, 0.25) is 5.36 Å². The van der Waals surface area contributed by atoms with Gasteiger partial charge < -0.3 is 32.5 Å². The molecule has 3 aliphatic heterocycles. The maximum atomic E-state index is 12.4. The van der Waals surface area contributed by atoms with Crippen LogP contribution in [0, 0.1) is 0 Å². The number of hydrogen-bond acceptors (Lipinski definition) is 16. The second-order valence-electron chi connectivity index (χ2n) is 16.5. The Balaban J connectivity index is 0.00000561. The number of nitrogens with zero attached hydrogens (tertiary/aromatic N) is 3. The quantitative estimate of drug-likeness (QED) is 0.0390. The first kappa shape index (κ1) is 56.6. The maximum absolute atomic E-state index is 12.4. The molecule has 0 bridgehead atoms. The Kier molecular flexibility index (Phi) is 20.0. The number of hydrogen-bond donors (Lipinski definition) is 0. The van der Waals surface area contributed by atoms with Crippen LogP contribution in [0.1, 0.15) is 90.0 Å². The third-order valence-corrected chi connectivity index (χ3v) is 13.2. The van der Waals surface area contributed by atoms with Crippen molar-refractivity contribution < 1.29 is 126 Å². The first-order valence-corrected chi connectivity index (χ1v) is 24.8. The van der Waals surface area contributed by atoms with Gasteiger partial charge in [0.15, 0.2) is 0 Å². The predicted molar refractivity (Wildman–Crippen MR) is 227 cm³/mol. The molecular weight excluding hydrogens is 929 g/mol. The number of benzene rings is 2. The molecular formula is C42H51N3Na2O15S3. The molecule has 0 aromatic heterocycles. The molecule has 344 valence electrons. The largest absolute Gasteiger partial charge is 1.00 e. The Morgan fingerprint density at radius 2 is 1.55 bits per heavy atom. The molecule has 65 heavy (non-hydrogen) atoms. The normalized spacial score (nSPS) is 18.0. The van der Waals surface area contributed by atoms with Crippen molar-refractivity contribution in [1.82, 2.24) is 9.64 Å². The average Bonchev–Trinajstić information content (AvgIpc) is 3.61. The third kappa shape index (κ3) is 15.1. The smallest absolute Gasteiger partial charge is 0.748 e. The van der Waals surface area contributed by atoms with Crippen molar-refractivity contribution in [1.29, 1.82) is 0 Å². The zero-order valence-corrected chi connectivity index (χ0v) is 44.1. The van der Waals surface area contributed by atoms with Gasteiger partial charge in [-0.15, -0.1) is 5.06 Å². The molecule has 1 unspecified atom stereocenters. The van der Waals surface area contributed by atoms with E-state index in [0.717, 1.165) is 22.6 Å². The standard InChI is InChI=1S/C42H53N3O15S3.2Na/c1-6-43(20-9-25-62(52,53)54)29-12-14-32-33(41(2,3)4)27-30(59-36(32)26-29)10-7-11-37-42(5,19-8-24-61(49,50)51)34-28-31(63(55,56)57)13-15-35(34)44(37)21-23-58-22-18-40(48)60-45-38(46)16-17-39(45)47;;/h7,10-15,26-28H,6,8-9,16-25H2,1-5H3,(H2-,49,50,51,52,53,54,55,56,57);;/q;2*+1/p-2. The molecule has 23 heteroatoms. The zero-order chi connectivity index (χ0) is 46.5. The third-order valence-electron chi connectivity index (χ3n) is 10.8. The van der Waals surface area contributed by atoms with Crippen molar-refractivity contribution in [2.75, 3.05) is 49.3 Å². The number of carbonyl (C=O) groups is 3. The van der Waals surface area contributed by atoms with Crippen LogP contribution in [0.4, 0.5) is 5.69 Å². The van der Waals surface area contributed by atoms with E-state index in [2.05, 4.69) is 0 Å². The molecule has 1 saturated heterocycles. The number of imide groups is 1. The molecule has 3 heterocycles. The Morgan fingerprint density at radius 1 is 0.908 bits per heavy atom. The molecule has 1 atom stereocenters. The van der Waals surface area contributed by atoms with Gasteiger partial charge in [0.05, 0.1) is 50.8 Å². The molecule has 0 saturated carbocycles. The van der Waals surface area contributed by atoms with Gasteiger partial charge >= 0.3 is 65.1 Å².